The number of guanidine groups is 1. The SMILES string of the molecule is N=C(N=C(N)N)SCCCCCC(=O)O. The van der Waals surface area contributed by atoms with Crippen LogP contribution in [0, 0.1) is 5.41 Å². The quantitative estimate of drug-likeness (QED) is 0.302. The van der Waals surface area contributed by atoms with Crippen LogP contribution >= 0.6 is 11.8 Å². The number of nitrogens with zero attached hydrogens (tertiary/aromatic N) is 1. The smallest absolute Gasteiger partial charge is 0.303 e. The summed E-state index contributed by atoms with van der Waals surface area (Å²) in [5, 5.41) is 15.8. The summed E-state index contributed by atoms with van der Waals surface area (Å²) in [6.45, 7) is 0. The lowest BCUT2D eigenvalue weighted by Gasteiger charge is -1.99. The van der Waals surface area contributed by atoms with Gasteiger partial charge in [0.05, 0.1) is 0 Å². The molecule has 6 N–H and O–H groups in total. The van der Waals surface area contributed by atoms with Crippen molar-refractivity contribution in [1.29, 1.82) is 5.41 Å². The molecule has 0 atom stereocenters. The maximum absolute atomic E-state index is 10.2. The first-order valence-corrected chi connectivity index (χ1v) is 5.53. The van der Waals surface area contributed by atoms with Gasteiger partial charge >= 0.3 is 5.97 Å². The molecule has 0 saturated heterocycles. The maximum atomic E-state index is 10.2. The molecule has 0 amide bonds. The van der Waals surface area contributed by atoms with Crippen molar-refractivity contribution in [3.05, 3.63) is 0 Å². The van der Waals surface area contributed by atoms with Gasteiger partial charge in [-0.3, -0.25) is 10.2 Å². The number of nitrogens with two attached hydrogens (primary N) is 2. The molecule has 6 nitrogen and oxygen atoms in total. The van der Waals surface area contributed by atoms with Gasteiger partial charge in [-0.15, -0.1) is 0 Å². The van der Waals surface area contributed by atoms with E-state index in [9.17, 15) is 4.79 Å². The van der Waals surface area contributed by atoms with E-state index in [2.05, 4.69) is 4.99 Å². The lowest BCUT2D eigenvalue weighted by molar-refractivity contribution is -0.137. The number of carboxylic acid groups (broad SMARTS) is 1. The number of carbonyl (C=O) groups is 1. The topological polar surface area (TPSA) is 126 Å². The van der Waals surface area contributed by atoms with Gasteiger partial charge in [-0.05, 0) is 12.8 Å². The van der Waals surface area contributed by atoms with Crippen molar-refractivity contribution in [2.75, 3.05) is 5.75 Å². The highest BCUT2D eigenvalue weighted by atomic mass is 32.2. The number of thioether (sulfide) groups is 1. The Balaban J connectivity index is 3.35. The van der Waals surface area contributed by atoms with Crippen LogP contribution in [-0.4, -0.2) is 28.0 Å². The number of nitrogens with one attached hydrogen (secondary N) is 1. The molecule has 0 aromatic carbocycles. The highest BCUT2D eigenvalue weighted by Crippen LogP contribution is 2.09. The number of unbranched alkanes of at least 4 members (excludes halogenated alkanes) is 2. The molecule has 0 aliphatic heterocycles. The number of amidine groups is 1. The molecule has 0 saturated carbocycles. The van der Waals surface area contributed by atoms with Gasteiger partial charge in [0.1, 0.15) is 0 Å². The average Bonchev–Trinajstić information content (AvgIpc) is 2.09. The molecule has 7 heteroatoms. The zero-order valence-corrected chi connectivity index (χ0v) is 9.22. The number of rotatable bonds is 6. The monoisotopic (exact) mass is 232 g/mol. The fraction of sp³-hybridized carbons (Fsp3) is 0.625. The lowest BCUT2D eigenvalue weighted by Crippen LogP contribution is -2.23. The second kappa shape index (κ2) is 8.10. The number of aliphatic carboxylic acids is 1. The third-order valence-electron chi connectivity index (χ3n) is 1.50. The molecule has 0 bridgehead atoms. The minimum Gasteiger partial charge on any atom is -0.481 e. The Morgan fingerprint density at radius 3 is 2.53 bits per heavy atom. The highest BCUT2D eigenvalue weighted by molar-refractivity contribution is 8.13. The second-order valence-corrected chi connectivity index (χ2v) is 3.98. The summed E-state index contributed by atoms with van der Waals surface area (Å²) in [5.74, 6) is -0.149. The molecule has 0 aliphatic carbocycles. The number of hydrogen-bond donors (Lipinski definition) is 4. The fourth-order valence-corrected chi connectivity index (χ4v) is 1.59. The minimum absolute atomic E-state index is 0.0910. The summed E-state index contributed by atoms with van der Waals surface area (Å²) in [6, 6.07) is 0. The molecule has 0 spiro atoms. The van der Waals surface area contributed by atoms with E-state index in [1.54, 1.807) is 0 Å². The fourth-order valence-electron chi connectivity index (χ4n) is 0.873. The summed E-state index contributed by atoms with van der Waals surface area (Å²) in [4.78, 5) is 13.7. The average molecular weight is 232 g/mol. The van der Waals surface area contributed by atoms with Gasteiger partial charge in [-0.25, -0.2) is 0 Å². The summed E-state index contributed by atoms with van der Waals surface area (Å²) in [7, 11) is 0. The molecule has 0 radical (unpaired) electrons. The largest absolute Gasteiger partial charge is 0.481 e. The van der Waals surface area contributed by atoms with Crippen LogP contribution in [0.15, 0.2) is 4.99 Å². The first-order valence-electron chi connectivity index (χ1n) is 4.55. The Hall–Kier alpha value is -1.24. The zero-order chi connectivity index (χ0) is 11.7. The summed E-state index contributed by atoms with van der Waals surface area (Å²) in [6.07, 6.45) is 2.58. The van der Waals surface area contributed by atoms with Crippen molar-refractivity contribution in [3.8, 4) is 0 Å². The first-order chi connectivity index (χ1) is 7.02. The van der Waals surface area contributed by atoms with Gasteiger partial charge in [-0.2, -0.15) is 4.99 Å². The van der Waals surface area contributed by atoms with Crippen molar-refractivity contribution in [3.63, 3.8) is 0 Å². The third-order valence-corrected chi connectivity index (χ3v) is 2.36. The molecular weight excluding hydrogens is 216 g/mol. The minimum atomic E-state index is -0.768. The van der Waals surface area contributed by atoms with Gasteiger partial charge in [0.2, 0.25) is 0 Å². The number of carboxylic acids is 1. The van der Waals surface area contributed by atoms with Crippen molar-refractivity contribution in [2.24, 2.45) is 16.5 Å². The van der Waals surface area contributed by atoms with Crippen LogP contribution in [0.3, 0.4) is 0 Å². The Bertz CT molecular complexity index is 251. The van der Waals surface area contributed by atoms with Gasteiger partial charge in [0, 0.05) is 12.2 Å². The second-order valence-electron chi connectivity index (χ2n) is 2.89. The van der Waals surface area contributed by atoms with Crippen LogP contribution in [0.5, 0.6) is 0 Å². The zero-order valence-electron chi connectivity index (χ0n) is 8.40. The molecule has 86 valence electrons. The molecule has 0 aliphatic rings. The molecular formula is C8H16N4O2S. The Morgan fingerprint density at radius 2 is 2.00 bits per heavy atom. The van der Waals surface area contributed by atoms with Gasteiger partial charge in [0.15, 0.2) is 11.1 Å². The Labute approximate surface area is 92.6 Å². The van der Waals surface area contributed by atoms with Gasteiger partial charge in [0.25, 0.3) is 0 Å². The van der Waals surface area contributed by atoms with Crippen molar-refractivity contribution in [1.82, 2.24) is 0 Å². The molecule has 0 fully saturated rings. The van der Waals surface area contributed by atoms with Crippen LogP contribution in [0.1, 0.15) is 25.7 Å². The van der Waals surface area contributed by atoms with E-state index >= 15 is 0 Å². The standard InChI is InChI=1S/C8H16N4O2S/c9-7(10)12-8(11)15-5-3-1-2-4-6(13)14/h1-5H2,(H,13,14)(H5,9,10,11,12). The predicted octanol–water partition coefficient (Wildman–Crippen LogP) is 0.573. The molecule has 0 heterocycles. The lowest BCUT2D eigenvalue weighted by atomic mass is 10.2. The third kappa shape index (κ3) is 10.7. The summed E-state index contributed by atoms with van der Waals surface area (Å²) >= 11 is 1.25. The van der Waals surface area contributed by atoms with Crippen LogP contribution in [0.25, 0.3) is 0 Å². The molecule has 0 rings (SSSR count). The maximum Gasteiger partial charge on any atom is 0.303 e. The van der Waals surface area contributed by atoms with Crippen LogP contribution in [-0.2, 0) is 4.79 Å². The highest BCUT2D eigenvalue weighted by Gasteiger charge is 1.98. The van der Waals surface area contributed by atoms with Gasteiger partial charge in [-0.1, -0.05) is 18.2 Å². The van der Waals surface area contributed by atoms with Crippen LogP contribution < -0.4 is 11.5 Å². The van der Waals surface area contributed by atoms with E-state index in [4.69, 9.17) is 22.0 Å². The van der Waals surface area contributed by atoms with E-state index in [-0.39, 0.29) is 17.5 Å². The van der Waals surface area contributed by atoms with Crippen molar-refractivity contribution in [2.45, 2.75) is 25.7 Å². The molecule has 15 heavy (non-hydrogen) atoms. The van der Waals surface area contributed by atoms with E-state index in [1.807, 2.05) is 0 Å². The predicted molar refractivity (Wildman–Crippen MR) is 62.1 cm³/mol. The molecule has 0 unspecified atom stereocenters. The Kier molecular flexibility index (Phi) is 7.43. The number of aliphatic imine (C=N–C) groups is 1. The van der Waals surface area contributed by atoms with Crippen molar-refractivity contribution >= 4 is 28.9 Å². The van der Waals surface area contributed by atoms with Crippen LogP contribution in [0.4, 0.5) is 0 Å². The van der Waals surface area contributed by atoms with E-state index in [1.165, 1.54) is 11.8 Å². The number of hydrogen-bond acceptors (Lipinski definition) is 3. The Morgan fingerprint density at radius 1 is 1.33 bits per heavy atom. The van der Waals surface area contributed by atoms with E-state index in [0.717, 1.165) is 18.6 Å². The normalized spacial score (nSPS) is 9.60. The van der Waals surface area contributed by atoms with E-state index in [0.29, 0.717) is 6.42 Å². The molecule has 0 aromatic heterocycles. The van der Waals surface area contributed by atoms with Crippen LogP contribution in [0.2, 0.25) is 0 Å². The molecule has 0 aromatic rings. The first kappa shape index (κ1) is 13.8. The summed E-state index contributed by atoms with van der Waals surface area (Å²) < 4.78 is 0. The summed E-state index contributed by atoms with van der Waals surface area (Å²) in [5.41, 5.74) is 10.2. The van der Waals surface area contributed by atoms with Gasteiger partial charge < -0.3 is 16.6 Å². The van der Waals surface area contributed by atoms with E-state index < -0.39 is 5.97 Å². The van der Waals surface area contributed by atoms with Crippen molar-refractivity contribution < 1.29 is 9.90 Å².